The maximum atomic E-state index is 12.0. The molecule has 2 rings (SSSR count). The lowest BCUT2D eigenvalue weighted by Crippen LogP contribution is -2.34. The van der Waals surface area contributed by atoms with Crippen molar-refractivity contribution in [3.8, 4) is 0 Å². The van der Waals surface area contributed by atoms with Gasteiger partial charge in [-0.15, -0.1) is 0 Å². The highest BCUT2D eigenvalue weighted by Crippen LogP contribution is 2.32. The van der Waals surface area contributed by atoms with Gasteiger partial charge in [0.2, 0.25) is 0 Å². The molecule has 0 spiro atoms. The molecule has 0 unspecified atom stereocenters. The van der Waals surface area contributed by atoms with E-state index in [0.717, 1.165) is 0 Å². The largest absolute Gasteiger partial charge is 0.450 e. The quantitative estimate of drug-likeness (QED) is 0.791. The van der Waals surface area contributed by atoms with E-state index in [2.05, 4.69) is 22.8 Å². The van der Waals surface area contributed by atoms with Crippen molar-refractivity contribution in [3.05, 3.63) is 35.4 Å². The second-order valence-electron chi connectivity index (χ2n) is 5.86. The number of hydrogen-bond acceptors (Lipinski definition) is 3. The highest BCUT2D eigenvalue weighted by Gasteiger charge is 2.15. The van der Waals surface area contributed by atoms with Gasteiger partial charge < -0.3 is 15.4 Å². The molecule has 1 aromatic rings. The van der Waals surface area contributed by atoms with Gasteiger partial charge in [-0.25, -0.2) is 4.79 Å². The van der Waals surface area contributed by atoms with Crippen molar-refractivity contribution in [3.63, 3.8) is 0 Å². The summed E-state index contributed by atoms with van der Waals surface area (Å²) >= 11 is 0. The number of alkyl carbamates (subject to hydrolysis) is 1. The van der Waals surface area contributed by atoms with Gasteiger partial charge in [0.1, 0.15) is 0 Å². The monoisotopic (exact) mass is 318 g/mol. The van der Waals surface area contributed by atoms with Crippen molar-refractivity contribution < 1.29 is 14.3 Å². The third kappa shape index (κ3) is 5.58. The van der Waals surface area contributed by atoms with Crippen LogP contribution in [-0.4, -0.2) is 31.7 Å². The highest BCUT2D eigenvalue weighted by molar-refractivity contribution is 5.94. The SMILES string of the molecule is CCOC(=O)NCCNC(=O)c1ccc(C2CCCCC2)cc1. The minimum absolute atomic E-state index is 0.120. The fourth-order valence-electron chi connectivity index (χ4n) is 2.97. The van der Waals surface area contributed by atoms with E-state index in [0.29, 0.717) is 31.2 Å². The Balaban J connectivity index is 1.75. The van der Waals surface area contributed by atoms with Crippen LogP contribution in [0.5, 0.6) is 0 Å². The van der Waals surface area contributed by atoms with Gasteiger partial charge in [-0.05, 0) is 43.4 Å². The van der Waals surface area contributed by atoms with Crippen molar-refractivity contribution in [2.75, 3.05) is 19.7 Å². The number of nitrogens with one attached hydrogen (secondary N) is 2. The van der Waals surface area contributed by atoms with Crippen LogP contribution in [0, 0.1) is 0 Å². The van der Waals surface area contributed by atoms with Gasteiger partial charge in [-0.2, -0.15) is 0 Å². The smallest absolute Gasteiger partial charge is 0.407 e. The van der Waals surface area contributed by atoms with E-state index in [1.165, 1.54) is 37.7 Å². The number of ether oxygens (including phenoxy) is 1. The molecule has 23 heavy (non-hydrogen) atoms. The van der Waals surface area contributed by atoms with E-state index in [1.54, 1.807) is 6.92 Å². The molecule has 0 bridgehead atoms. The molecule has 1 aromatic carbocycles. The number of benzene rings is 1. The molecule has 2 N–H and O–H groups in total. The van der Waals surface area contributed by atoms with Gasteiger partial charge in [0.25, 0.3) is 5.91 Å². The van der Waals surface area contributed by atoms with Crippen LogP contribution in [0.4, 0.5) is 4.79 Å². The molecular formula is C18H26N2O3. The molecule has 0 atom stereocenters. The number of carbonyl (C=O) groups excluding carboxylic acids is 2. The molecule has 5 heteroatoms. The molecule has 0 saturated heterocycles. The minimum Gasteiger partial charge on any atom is -0.450 e. The van der Waals surface area contributed by atoms with Gasteiger partial charge in [-0.3, -0.25) is 4.79 Å². The summed E-state index contributed by atoms with van der Waals surface area (Å²) in [6, 6.07) is 7.92. The molecule has 1 fully saturated rings. The summed E-state index contributed by atoms with van der Waals surface area (Å²) in [5.74, 6) is 0.528. The van der Waals surface area contributed by atoms with Crippen LogP contribution in [0.2, 0.25) is 0 Å². The molecule has 0 aromatic heterocycles. The van der Waals surface area contributed by atoms with Crippen LogP contribution >= 0.6 is 0 Å². The first kappa shape index (κ1) is 17.3. The van der Waals surface area contributed by atoms with Crippen molar-refractivity contribution >= 4 is 12.0 Å². The average Bonchev–Trinajstić information content (AvgIpc) is 2.60. The molecule has 0 heterocycles. The van der Waals surface area contributed by atoms with Crippen LogP contribution in [0.3, 0.4) is 0 Å². The van der Waals surface area contributed by atoms with Crippen molar-refractivity contribution in [2.24, 2.45) is 0 Å². The fourth-order valence-corrected chi connectivity index (χ4v) is 2.97. The van der Waals surface area contributed by atoms with Crippen LogP contribution in [0.1, 0.15) is 60.9 Å². The zero-order valence-electron chi connectivity index (χ0n) is 13.8. The second-order valence-corrected chi connectivity index (χ2v) is 5.86. The minimum atomic E-state index is -0.460. The van der Waals surface area contributed by atoms with Crippen LogP contribution in [0.15, 0.2) is 24.3 Å². The lowest BCUT2D eigenvalue weighted by Gasteiger charge is -2.22. The van der Waals surface area contributed by atoms with E-state index in [9.17, 15) is 9.59 Å². The highest BCUT2D eigenvalue weighted by atomic mass is 16.5. The molecule has 5 nitrogen and oxygen atoms in total. The van der Waals surface area contributed by atoms with Crippen LogP contribution in [0.25, 0.3) is 0 Å². The average molecular weight is 318 g/mol. The first-order chi connectivity index (χ1) is 11.2. The summed E-state index contributed by atoms with van der Waals surface area (Å²) in [6.45, 7) is 2.82. The summed E-state index contributed by atoms with van der Waals surface area (Å²) in [5, 5.41) is 5.35. The van der Waals surface area contributed by atoms with E-state index >= 15 is 0 Å². The summed E-state index contributed by atoms with van der Waals surface area (Å²) in [4.78, 5) is 23.1. The van der Waals surface area contributed by atoms with Gasteiger partial charge in [0.05, 0.1) is 6.61 Å². The van der Waals surface area contributed by atoms with Gasteiger partial charge in [0.15, 0.2) is 0 Å². The number of amides is 2. The van der Waals surface area contributed by atoms with Crippen molar-refractivity contribution in [1.29, 1.82) is 0 Å². The summed E-state index contributed by atoms with van der Waals surface area (Å²) < 4.78 is 4.74. The number of hydrogen-bond donors (Lipinski definition) is 2. The third-order valence-electron chi connectivity index (χ3n) is 4.20. The van der Waals surface area contributed by atoms with E-state index < -0.39 is 6.09 Å². The summed E-state index contributed by atoms with van der Waals surface area (Å²) in [7, 11) is 0. The first-order valence-electron chi connectivity index (χ1n) is 8.49. The maximum absolute atomic E-state index is 12.0. The van der Waals surface area contributed by atoms with Gasteiger partial charge in [0, 0.05) is 18.7 Å². The maximum Gasteiger partial charge on any atom is 0.407 e. The van der Waals surface area contributed by atoms with Gasteiger partial charge in [-0.1, -0.05) is 31.4 Å². The lowest BCUT2D eigenvalue weighted by atomic mass is 9.84. The molecule has 1 aliphatic rings. The molecule has 126 valence electrons. The summed E-state index contributed by atoms with van der Waals surface area (Å²) in [6.07, 6.45) is 6.01. The summed E-state index contributed by atoms with van der Waals surface area (Å²) in [5.41, 5.74) is 1.99. The van der Waals surface area contributed by atoms with E-state index in [1.807, 2.05) is 12.1 Å². The zero-order chi connectivity index (χ0) is 16.5. The van der Waals surface area contributed by atoms with Crippen LogP contribution in [-0.2, 0) is 4.74 Å². The Morgan fingerprint density at radius 2 is 1.70 bits per heavy atom. The van der Waals surface area contributed by atoms with Crippen molar-refractivity contribution in [1.82, 2.24) is 10.6 Å². The van der Waals surface area contributed by atoms with E-state index in [4.69, 9.17) is 4.74 Å². The zero-order valence-corrected chi connectivity index (χ0v) is 13.8. The Morgan fingerprint density at radius 3 is 2.35 bits per heavy atom. The fraction of sp³-hybridized carbons (Fsp3) is 0.556. The Labute approximate surface area is 137 Å². The Hall–Kier alpha value is -2.04. The predicted octanol–water partition coefficient (Wildman–Crippen LogP) is 3.21. The topological polar surface area (TPSA) is 67.4 Å². The molecule has 1 saturated carbocycles. The number of rotatable bonds is 6. The van der Waals surface area contributed by atoms with Gasteiger partial charge >= 0.3 is 6.09 Å². The van der Waals surface area contributed by atoms with Crippen LogP contribution < -0.4 is 10.6 Å². The predicted molar refractivity (Wildman–Crippen MR) is 89.6 cm³/mol. The lowest BCUT2D eigenvalue weighted by molar-refractivity contribution is 0.0952. The standard InChI is InChI=1S/C18H26N2O3/c1-2-23-18(22)20-13-12-19-17(21)16-10-8-15(9-11-16)14-6-4-3-5-7-14/h8-11,14H,2-7,12-13H2,1H3,(H,19,21)(H,20,22). The second kappa shape index (κ2) is 9.18. The van der Waals surface area contributed by atoms with Crippen molar-refractivity contribution in [2.45, 2.75) is 44.9 Å². The molecule has 2 amide bonds. The first-order valence-corrected chi connectivity index (χ1v) is 8.49. The Kier molecular flexibility index (Phi) is 6.91. The number of carbonyl (C=O) groups is 2. The molecule has 1 aliphatic carbocycles. The normalized spacial score (nSPS) is 15.0. The third-order valence-corrected chi connectivity index (χ3v) is 4.20. The molecule has 0 aliphatic heterocycles. The Morgan fingerprint density at radius 1 is 1.04 bits per heavy atom. The molecule has 0 radical (unpaired) electrons. The Bertz CT molecular complexity index is 508. The van der Waals surface area contributed by atoms with E-state index in [-0.39, 0.29) is 5.91 Å². The molecular weight excluding hydrogens is 292 g/mol.